The first-order valence-electron chi connectivity index (χ1n) is 7.23. The highest BCUT2D eigenvalue weighted by molar-refractivity contribution is 5.52. The normalized spacial score (nSPS) is 11.7. The lowest BCUT2D eigenvalue weighted by atomic mass is 10.1. The lowest BCUT2D eigenvalue weighted by Gasteiger charge is -2.10. The van der Waals surface area contributed by atoms with Crippen LogP contribution >= 0.6 is 0 Å². The van der Waals surface area contributed by atoms with Gasteiger partial charge in [-0.2, -0.15) is 5.26 Å². The molecule has 0 saturated heterocycles. The van der Waals surface area contributed by atoms with E-state index < -0.39 is 0 Å². The molecule has 0 aliphatic heterocycles. The van der Waals surface area contributed by atoms with Gasteiger partial charge in [0.2, 0.25) is 5.89 Å². The molecule has 0 bridgehead atoms. The fraction of sp³-hybridized carbons (Fsp3) is 0.167. The van der Waals surface area contributed by atoms with Crippen LogP contribution < -0.4 is 4.74 Å². The SMILES string of the molecule is Cc1ccc(-c2nnc(C(C)Oc3ccc(C#N)cc3)o2)cc1. The molecule has 114 valence electrons. The third-order valence-electron chi connectivity index (χ3n) is 3.38. The minimum atomic E-state index is -0.380. The topological polar surface area (TPSA) is 71.9 Å². The van der Waals surface area contributed by atoms with E-state index in [1.807, 2.05) is 38.1 Å². The summed E-state index contributed by atoms with van der Waals surface area (Å²) in [4.78, 5) is 0. The van der Waals surface area contributed by atoms with E-state index in [1.54, 1.807) is 24.3 Å². The maximum atomic E-state index is 8.79. The molecule has 1 unspecified atom stereocenters. The Morgan fingerprint density at radius 1 is 1.04 bits per heavy atom. The van der Waals surface area contributed by atoms with Crippen molar-refractivity contribution in [3.05, 3.63) is 65.5 Å². The quantitative estimate of drug-likeness (QED) is 0.727. The minimum Gasteiger partial charge on any atom is -0.481 e. The van der Waals surface area contributed by atoms with E-state index in [-0.39, 0.29) is 6.10 Å². The molecular weight excluding hydrogens is 290 g/mol. The van der Waals surface area contributed by atoms with E-state index in [9.17, 15) is 0 Å². The highest BCUT2D eigenvalue weighted by Gasteiger charge is 2.16. The molecule has 0 aliphatic rings. The van der Waals surface area contributed by atoms with Crippen LogP contribution in [0.25, 0.3) is 11.5 Å². The first-order chi connectivity index (χ1) is 11.2. The molecule has 3 aromatic rings. The summed E-state index contributed by atoms with van der Waals surface area (Å²) < 4.78 is 11.5. The Morgan fingerprint density at radius 3 is 2.39 bits per heavy atom. The van der Waals surface area contributed by atoms with Gasteiger partial charge in [0.1, 0.15) is 5.75 Å². The van der Waals surface area contributed by atoms with Gasteiger partial charge in [-0.25, -0.2) is 0 Å². The zero-order valence-electron chi connectivity index (χ0n) is 12.9. The molecule has 0 fully saturated rings. The van der Waals surface area contributed by atoms with Crippen molar-refractivity contribution in [1.82, 2.24) is 10.2 Å². The van der Waals surface area contributed by atoms with Crippen molar-refractivity contribution in [2.24, 2.45) is 0 Å². The summed E-state index contributed by atoms with van der Waals surface area (Å²) in [5, 5.41) is 16.9. The average Bonchev–Trinajstić information content (AvgIpc) is 3.06. The summed E-state index contributed by atoms with van der Waals surface area (Å²) in [6.45, 7) is 3.86. The van der Waals surface area contributed by atoms with Crippen LogP contribution in [0, 0.1) is 18.3 Å². The van der Waals surface area contributed by atoms with Gasteiger partial charge in [0.15, 0.2) is 6.10 Å². The summed E-state index contributed by atoms with van der Waals surface area (Å²) in [6.07, 6.45) is -0.380. The van der Waals surface area contributed by atoms with Crippen LogP contribution in [0.15, 0.2) is 52.9 Å². The fourth-order valence-corrected chi connectivity index (χ4v) is 2.07. The molecule has 2 aromatic carbocycles. The maximum absolute atomic E-state index is 8.79. The summed E-state index contributed by atoms with van der Waals surface area (Å²) >= 11 is 0. The molecule has 1 atom stereocenters. The molecule has 0 N–H and O–H groups in total. The molecule has 0 spiro atoms. The molecule has 5 heteroatoms. The summed E-state index contributed by atoms with van der Waals surface area (Å²) in [5.74, 6) is 1.52. The van der Waals surface area contributed by atoms with E-state index >= 15 is 0 Å². The van der Waals surface area contributed by atoms with Crippen molar-refractivity contribution in [1.29, 1.82) is 5.26 Å². The third kappa shape index (κ3) is 3.38. The molecule has 0 aliphatic carbocycles. The highest BCUT2D eigenvalue weighted by Crippen LogP contribution is 2.24. The van der Waals surface area contributed by atoms with Crippen molar-refractivity contribution in [2.45, 2.75) is 20.0 Å². The number of benzene rings is 2. The monoisotopic (exact) mass is 305 g/mol. The molecule has 0 amide bonds. The first-order valence-corrected chi connectivity index (χ1v) is 7.23. The number of ether oxygens (including phenoxy) is 1. The number of aromatic nitrogens is 2. The van der Waals surface area contributed by atoms with Crippen molar-refractivity contribution < 1.29 is 9.15 Å². The second-order valence-corrected chi connectivity index (χ2v) is 5.21. The number of aryl methyl sites for hydroxylation is 1. The van der Waals surface area contributed by atoms with E-state index in [0.29, 0.717) is 23.1 Å². The third-order valence-corrected chi connectivity index (χ3v) is 3.38. The molecular formula is C18H15N3O2. The van der Waals surface area contributed by atoms with Gasteiger partial charge in [0.05, 0.1) is 11.6 Å². The predicted molar refractivity (Wildman–Crippen MR) is 84.7 cm³/mol. The molecule has 5 nitrogen and oxygen atoms in total. The Morgan fingerprint density at radius 2 is 1.74 bits per heavy atom. The van der Waals surface area contributed by atoms with Crippen LogP contribution in [0.2, 0.25) is 0 Å². The Kier molecular flexibility index (Phi) is 4.07. The van der Waals surface area contributed by atoms with E-state index in [0.717, 1.165) is 5.56 Å². The van der Waals surface area contributed by atoms with Crippen LogP contribution in [0.4, 0.5) is 0 Å². The average molecular weight is 305 g/mol. The van der Waals surface area contributed by atoms with Gasteiger partial charge in [-0.3, -0.25) is 0 Å². The largest absolute Gasteiger partial charge is 0.481 e. The summed E-state index contributed by atoms with van der Waals surface area (Å²) in [5.41, 5.74) is 2.63. The van der Waals surface area contributed by atoms with Gasteiger partial charge >= 0.3 is 0 Å². The molecule has 3 rings (SSSR count). The number of rotatable bonds is 4. The zero-order chi connectivity index (χ0) is 16.2. The van der Waals surface area contributed by atoms with Crippen LogP contribution in [-0.2, 0) is 0 Å². The molecule has 1 aromatic heterocycles. The van der Waals surface area contributed by atoms with Gasteiger partial charge in [0.25, 0.3) is 5.89 Å². The van der Waals surface area contributed by atoms with Crippen LogP contribution in [0.1, 0.15) is 30.0 Å². The van der Waals surface area contributed by atoms with Crippen molar-refractivity contribution >= 4 is 0 Å². The number of hydrogen-bond acceptors (Lipinski definition) is 5. The molecule has 1 heterocycles. The fourth-order valence-electron chi connectivity index (χ4n) is 2.07. The molecule has 0 saturated carbocycles. The van der Waals surface area contributed by atoms with Gasteiger partial charge in [-0.1, -0.05) is 17.7 Å². The van der Waals surface area contributed by atoms with E-state index in [2.05, 4.69) is 16.3 Å². The van der Waals surface area contributed by atoms with E-state index in [4.69, 9.17) is 14.4 Å². The smallest absolute Gasteiger partial charge is 0.257 e. The standard InChI is InChI=1S/C18H15N3O2/c1-12-3-7-15(8-4-12)18-21-20-17(23-18)13(2)22-16-9-5-14(11-19)6-10-16/h3-10,13H,1-2H3. The van der Waals surface area contributed by atoms with Gasteiger partial charge in [0, 0.05) is 5.56 Å². The highest BCUT2D eigenvalue weighted by atomic mass is 16.5. The minimum absolute atomic E-state index is 0.380. The lowest BCUT2D eigenvalue weighted by Crippen LogP contribution is -2.03. The van der Waals surface area contributed by atoms with Crippen LogP contribution in [-0.4, -0.2) is 10.2 Å². The second-order valence-electron chi connectivity index (χ2n) is 5.21. The van der Waals surface area contributed by atoms with Gasteiger partial charge < -0.3 is 9.15 Å². The molecule has 23 heavy (non-hydrogen) atoms. The van der Waals surface area contributed by atoms with Gasteiger partial charge in [-0.05, 0) is 50.2 Å². The van der Waals surface area contributed by atoms with Crippen LogP contribution in [0.3, 0.4) is 0 Å². The van der Waals surface area contributed by atoms with Crippen LogP contribution in [0.5, 0.6) is 5.75 Å². The van der Waals surface area contributed by atoms with Crippen molar-refractivity contribution in [2.75, 3.05) is 0 Å². The van der Waals surface area contributed by atoms with Crippen molar-refractivity contribution in [3.63, 3.8) is 0 Å². The number of hydrogen-bond donors (Lipinski definition) is 0. The lowest BCUT2D eigenvalue weighted by molar-refractivity contribution is 0.189. The Bertz CT molecular complexity index is 830. The summed E-state index contributed by atoms with van der Waals surface area (Å²) in [6, 6.07) is 16.8. The Labute approximate surface area is 134 Å². The number of nitrogens with zero attached hydrogens (tertiary/aromatic N) is 3. The Hall–Kier alpha value is -3.13. The maximum Gasteiger partial charge on any atom is 0.257 e. The first kappa shape index (κ1) is 14.8. The summed E-state index contributed by atoms with van der Waals surface area (Å²) in [7, 11) is 0. The molecule has 0 radical (unpaired) electrons. The van der Waals surface area contributed by atoms with Crippen molar-refractivity contribution in [3.8, 4) is 23.3 Å². The Balaban J connectivity index is 1.74. The predicted octanol–water partition coefficient (Wildman–Crippen LogP) is 4.06. The second kappa shape index (κ2) is 6.32. The van der Waals surface area contributed by atoms with E-state index in [1.165, 1.54) is 5.56 Å². The van der Waals surface area contributed by atoms with Gasteiger partial charge in [-0.15, -0.1) is 10.2 Å². The number of nitriles is 1. The zero-order valence-corrected chi connectivity index (χ0v) is 12.9.